The molecule has 482 valence electrons. The number of rotatable bonds is 67. The van der Waals surface area contributed by atoms with E-state index in [1.165, 1.54) is 244 Å². The number of ether oxygens (including phenoxy) is 3. The lowest BCUT2D eigenvalue weighted by atomic mass is 10.0. The van der Waals surface area contributed by atoms with E-state index in [0.29, 0.717) is 19.3 Å². The van der Waals surface area contributed by atoms with Gasteiger partial charge in [0.2, 0.25) is 0 Å². The molecule has 0 radical (unpaired) electrons. The fourth-order valence-electron chi connectivity index (χ4n) is 10.8. The number of carbonyl (C=O) groups is 3. The predicted molar refractivity (Wildman–Crippen MR) is 362 cm³/mol. The van der Waals surface area contributed by atoms with Crippen LogP contribution in [0.3, 0.4) is 0 Å². The molecule has 0 aromatic carbocycles. The van der Waals surface area contributed by atoms with Gasteiger partial charge in [-0.25, -0.2) is 0 Å². The van der Waals surface area contributed by atoms with Crippen LogP contribution in [0.2, 0.25) is 0 Å². The standard InChI is InChI=1S/C77H138O6/c1-4-7-10-13-16-19-22-25-28-31-34-36-38-39-40-42-43-46-49-52-55-58-61-64-67-70-76(79)82-73-74(72-81-75(78)69-66-63-60-57-54-51-48-45-33-30-27-24-21-18-15-12-9-6-3)83-77(80)71-68-65-62-59-56-53-50-47-44-41-37-35-32-29-26-23-20-17-14-11-8-5-2/h7,10,16,19,21,24-25,28,30,33-34,36,74H,4-6,8-9,11-15,17-18,20,22-23,26-27,29,31-32,35,37-73H2,1-3H3/b10-7-,19-16-,24-21-,28-25-,33-30-,36-34-. The van der Waals surface area contributed by atoms with Gasteiger partial charge in [-0.3, -0.25) is 14.4 Å². The second kappa shape index (κ2) is 71.3. The van der Waals surface area contributed by atoms with E-state index in [1.807, 2.05) is 0 Å². The molecule has 0 heterocycles. The smallest absolute Gasteiger partial charge is 0.306 e. The minimum atomic E-state index is -0.780. The van der Waals surface area contributed by atoms with Crippen molar-refractivity contribution < 1.29 is 28.6 Å². The molecule has 0 aliphatic rings. The Labute approximate surface area is 516 Å². The first-order chi connectivity index (χ1) is 41.0. The summed E-state index contributed by atoms with van der Waals surface area (Å²) in [6, 6.07) is 0. The maximum Gasteiger partial charge on any atom is 0.306 e. The Bertz CT molecular complexity index is 1520. The molecule has 83 heavy (non-hydrogen) atoms. The van der Waals surface area contributed by atoms with Gasteiger partial charge < -0.3 is 14.2 Å². The molecule has 0 saturated carbocycles. The molecular formula is C77H138O6. The third-order valence-electron chi connectivity index (χ3n) is 16.2. The zero-order valence-corrected chi connectivity index (χ0v) is 55.5. The summed E-state index contributed by atoms with van der Waals surface area (Å²) in [7, 11) is 0. The van der Waals surface area contributed by atoms with E-state index < -0.39 is 6.10 Å². The Hall–Kier alpha value is -3.15. The van der Waals surface area contributed by atoms with Crippen molar-refractivity contribution in [2.75, 3.05) is 13.2 Å². The minimum absolute atomic E-state index is 0.0749. The van der Waals surface area contributed by atoms with Crippen molar-refractivity contribution in [1.29, 1.82) is 0 Å². The van der Waals surface area contributed by atoms with Crippen LogP contribution in [0.5, 0.6) is 0 Å². The van der Waals surface area contributed by atoms with Crippen LogP contribution in [0.1, 0.15) is 380 Å². The first-order valence-corrected chi connectivity index (χ1v) is 36.4. The van der Waals surface area contributed by atoms with Gasteiger partial charge >= 0.3 is 17.9 Å². The normalized spacial score (nSPS) is 12.5. The zero-order valence-electron chi connectivity index (χ0n) is 55.5. The van der Waals surface area contributed by atoms with Crippen LogP contribution in [-0.2, 0) is 28.6 Å². The molecule has 0 bridgehead atoms. The van der Waals surface area contributed by atoms with Gasteiger partial charge in [-0.05, 0) is 89.9 Å². The molecule has 0 amide bonds. The Kier molecular flexibility index (Phi) is 68.6. The number of carbonyl (C=O) groups excluding carboxylic acids is 3. The molecule has 0 aliphatic carbocycles. The molecule has 0 rings (SSSR count). The highest BCUT2D eigenvalue weighted by Gasteiger charge is 2.19. The monoisotopic (exact) mass is 1160 g/mol. The zero-order chi connectivity index (χ0) is 59.9. The van der Waals surface area contributed by atoms with Crippen molar-refractivity contribution in [3.63, 3.8) is 0 Å². The first kappa shape index (κ1) is 79.8. The number of allylic oxidation sites excluding steroid dienone is 12. The summed E-state index contributed by atoms with van der Waals surface area (Å²) in [5, 5.41) is 0. The molecule has 1 atom stereocenters. The highest BCUT2D eigenvalue weighted by atomic mass is 16.6. The van der Waals surface area contributed by atoms with E-state index in [1.54, 1.807) is 0 Å². The summed E-state index contributed by atoms with van der Waals surface area (Å²) in [5.41, 5.74) is 0. The number of unbranched alkanes of at least 4 members (excludes halogenated alkanes) is 44. The number of hydrogen-bond acceptors (Lipinski definition) is 6. The number of esters is 3. The second-order valence-corrected chi connectivity index (χ2v) is 24.5. The van der Waals surface area contributed by atoms with Gasteiger partial charge in [-0.1, -0.05) is 344 Å². The highest BCUT2D eigenvalue weighted by Crippen LogP contribution is 2.18. The molecule has 1 unspecified atom stereocenters. The molecule has 0 fully saturated rings. The van der Waals surface area contributed by atoms with Crippen LogP contribution >= 0.6 is 0 Å². The lowest BCUT2D eigenvalue weighted by molar-refractivity contribution is -0.167. The van der Waals surface area contributed by atoms with Gasteiger partial charge in [0.1, 0.15) is 13.2 Å². The van der Waals surface area contributed by atoms with Crippen molar-refractivity contribution in [2.24, 2.45) is 0 Å². The maximum absolute atomic E-state index is 13.0. The molecule has 0 saturated heterocycles. The first-order valence-electron chi connectivity index (χ1n) is 36.4. The summed E-state index contributed by atoms with van der Waals surface area (Å²) >= 11 is 0. The van der Waals surface area contributed by atoms with E-state index in [4.69, 9.17) is 14.2 Å². The van der Waals surface area contributed by atoms with Gasteiger partial charge in [0.15, 0.2) is 6.10 Å². The number of hydrogen-bond donors (Lipinski definition) is 0. The molecule has 0 aliphatic heterocycles. The van der Waals surface area contributed by atoms with E-state index in [0.717, 1.165) is 96.3 Å². The van der Waals surface area contributed by atoms with E-state index >= 15 is 0 Å². The van der Waals surface area contributed by atoms with Crippen LogP contribution < -0.4 is 0 Å². The largest absolute Gasteiger partial charge is 0.462 e. The minimum Gasteiger partial charge on any atom is -0.462 e. The quantitative estimate of drug-likeness (QED) is 0.0261. The fourth-order valence-corrected chi connectivity index (χ4v) is 10.8. The van der Waals surface area contributed by atoms with Gasteiger partial charge in [0.05, 0.1) is 0 Å². The Morgan fingerprint density at radius 2 is 0.470 bits per heavy atom. The Balaban J connectivity index is 4.33. The lowest BCUT2D eigenvalue weighted by Gasteiger charge is -2.18. The molecule has 0 N–H and O–H groups in total. The lowest BCUT2D eigenvalue weighted by Crippen LogP contribution is -2.30. The third-order valence-corrected chi connectivity index (χ3v) is 16.2. The summed E-state index contributed by atoms with van der Waals surface area (Å²) in [6.07, 6.45) is 93.6. The van der Waals surface area contributed by atoms with Crippen LogP contribution in [0.25, 0.3) is 0 Å². The maximum atomic E-state index is 13.0. The molecule has 6 heteroatoms. The third kappa shape index (κ3) is 69.5. The van der Waals surface area contributed by atoms with Crippen molar-refractivity contribution >= 4 is 17.9 Å². The van der Waals surface area contributed by atoms with Crippen molar-refractivity contribution in [1.82, 2.24) is 0 Å². The van der Waals surface area contributed by atoms with E-state index in [-0.39, 0.29) is 31.1 Å². The van der Waals surface area contributed by atoms with Crippen molar-refractivity contribution in [3.8, 4) is 0 Å². The van der Waals surface area contributed by atoms with E-state index in [9.17, 15) is 14.4 Å². The topological polar surface area (TPSA) is 78.9 Å². The highest BCUT2D eigenvalue weighted by molar-refractivity contribution is 5.71. The summed E-state index contributed by atoms with van der Waals surface area (Å²) in [4.78, 5) is 38.5. The van der Waals surface area contributed by atoms with Crippen LogP contribution in [0, 0.1) is 0 Å². The Morgan fingerprint density at radius 3 is 0.747 bits per heavy atom. The average Bonchev–Trinajstić information content (AvgIpc) is 3.50. The molecule has 0 aromatic rings. The van der Waals surface area contributed by atoms with Crippen LogP contribution in [0.15, 0.2) is 72.9 Å². The Morgan fingerprint density at radius 1 is 0.253 bits per heavy atom. The van der Waals surface area contributed by atoms with Crippen LogP contribution in [0.4, 0.5) is 0 Å². The van der Waals surface area contributed by atoms with Gasteiger partial charge in [0.25, 0.3) is 0 Å². The summed E-state index contributed by atoms with van der Waals surface area (Å²) < 4.78 is 17.0. The molecular weight excluding hydrogens is 1020 g/mol. The fraction of sp³-hybridized carbons (Fsp3) is 0.805. The second-order valence-electron chi connectivity index (χ2n) is 24.5. The summed E-state index contributed by atoms with van der Waals surface area (Å²) in [5.74, 6) is -0.859. The van der Waals surface area contributed by atoms with Gasteiger partial charge in [-0.2, -0.15) is 0 Å². The van der Waals surface area contributed by atoms with Crippen molar-refractivity contribution in [2.45, 2.75) is 386 Å². The average molecular weight is 1160 g/mol. The van der Waals surface area contributed by atoms with Gasteiger partial charge in [0, 0.05) is 19.3 Å². The summed E-state index contributed by atoms with van der Waals surface area (Å²) in [6.45, 7) is 6.57. The molecule has 0 spiro atoms. The van der Waals surface area contributed by atoms with E-state index in [2.05, 4.69) is 93.7 Å². The molecule has 0 aromatic heterocycles. The van der Waals surface area contributed by atoms with Gasteiger partial charge in [-0.15, -0.1) is 0 Å². The SMILES string of the molecule is CC/C=C\C/C=C\C/C=C\C/C=C\CCCCCCCCCCCCCCC(=O)OCC(COC(=O)CCCCCCCCC/C=C\C/C=C\CCCCCC)OC(=O)CCCCCCCCCCCCCCCCCCCCCCCC. The van der Waals surface area contributed by atoms with Crippen LogP contribution in [-0.4, -0.2) is 37.2 Å². The predicted octanol–water partition coefficient (Wildman–Crippen LogP) is 25.2. The molecule has 6 nitrogen and oxygen atoms in total. The van der Waals surface area contributed by atoms with Crippen molar-refractivity contribution in [3.05, 3.63) is 72.9 Å².